The van der Waals surface area contributed by atoms with Crippen LogP contribution in [0.2, 0.25) is 0 Å². The third-order valence-corrected chi connectivity index (χ3v) is 15.3. The van der Waals surface area contributed by atoms with E-state index in [2.05, 4.69) is 245 Å². The Morgan fingerprint density at radius 1 is 0.370 bits per heavy atom. The number of fused-ring (bicyclic) bond motifs is 5. The van der Waals surface area contributed by atoms with Crippen molar-refractivity contribution in [1.82, 2.24) is 14.8 Å². The van der Waals surface area contributed by atoms with E-state index < -0.39 is 5.41 Å². The summed E-state index contributed by atoms with van der Waals surface area (Å²) in [4.78, 5) is 0. The summed E-state index contributed by atoms with van der Waals surface area (Å²) >= 11 is 0. The van der Waals surface area contributed by atoms with Crippen LogP contribution in [-0.2, 0) is 5.41 Å². The average Bonchev–Trinajstić information content (AvgIpc) is 4.19. The molecule has 0 fully saturated rings. The maximum atomic E-state index is 6.08. The predicted molar refractivity (Wildman–Crippen MR) is 299 cm³/mol. The fraction of sp³-hybridized carbons (Fsp3) is 0.0435. The van der Waals surface area contributed by atoms with Crippen molar-refractivity contribution < 1.29 is 4.42 Å². The number of aromatic nitrogens is 3. The molecule has 344 valence electrons. The van der Waals surface area contributed by atoms with Gasteiger partial charge in [-0.1, -0.05) is 206 Å². The van der Waals surface area contributed by atoms with Crippen molar-refractivity contribution in [2.75, 3.05) is 0 Å². The number of para-hydroxylation sites is 1. The fourth-order valence-corrected chi connectivity index (χ4v) is 12.0. The third-order valence-electron chi connectivity index (χ3n) is 15.3. The molecule has 4 nitrogen and oxygen atoms in total. The van der Waals surface area contributed by atoms with Crippen LogP contribution in [0.1, 0.15) is 40.7 Å². The second kappa shape index (κ2) is 17.5. The first-order valence-electron chi connectivity index (χ1n) is 25.2. The number of benzene rings is 10. The minimum atomic E-state index is -0.408. The zero-order valence-corrected chi connectivity index (χ0v) is 40.0. The van der Waals surface area contributed by atoms with Gasteiger partial charge < -0.3 is 8.98 Å². The molecular weight excluding hydrogens is 887 g/mol. The number of allylic oxidation sites excluding steroid dienone is 4. The Morgan fingerprint density at radius 3 is 1.49 bits per heavy atom. The van der Waals surface area contributed by atoms with E-state index in [0.29, 0.717) is 11.8 Å². The maximum absolute atomic E-state index is 6.08. The van der Waals surface area contributed by atoms with E-state index in [4.69, 9.17) is 4.42 Å². The van der Waals surface area contributed by atoms with Gasteiger partial charge in [-0.15, -0.1) is 10.2 Å². The summed E-state index contributed by atoms with van der Waals surface area (Å²) in [5.74, 6) is 1.01. The van der Waals surface area contributed by atoms with Crippen LogP contribution in [0.5, 0.6) is 0 Å². The summed E-state index contributed by atoms with van der Waals surface area (Å²) in [6, 6.07) is 92.2. The quantitative estimate of drug-likeness (QED) is 0.145. The van der Waals surface area contributed by atoms with Gasteiger partial charge in [0.15, 0.2) is 0 Å². The second-order valence-corrected chi connectivity index (χ2v) is 19.2. The van der Waals surface area contributed by atoms with Gasteiger partial charge in [-0.2, -0.15) is 0 Å². The van der Waals surface area contributed by atoms with Crippen molar-refractivity contribution >= 4 is 33.0 Å². The second-order valence-electron chi connectivity index (χ2n) is 19.2. The van der Waals surface area contributed by atoms with Crippen LogP contribution in [0.25, 0.3) is 94.9 Å². The zero-order valence-electron chi connectivity index (χ0n) is 40.0. The Hall–Kier alpha value is -9.38. The van der Waals surface area contributed by atoms with Crippen molar-refractivity contribution in [2.45, 2.75) is 18.3 Å². The standard InChI is InChI=1S/C69H47N3O/c1-4-18-48(19-5-1)67-70-71-68(73-67)49-34-32-46(33-35-49)55-24-10-12-26-57(55)58-27-13-11-25-56(58)47-36-40-54(41-37-47)72-65-31-17-15-29-61(65)62-44-50(39-43-66(62)72)51-38-42-60-59-28-14-16-30-63(59)69(64(60)45-51,52-20-6-2-7-21-52)53-22-8-3-9-23-53/h1-37,39-41,43-45H,38,42H2. The van der Waals surface area contributed by atoms with E-state index in [9.17, 15) is 0 Å². The van der Waals surface area contributed by atoms with Gasteiger partial charge in [-0.05, 0) is 145 Å². The van der Waals surface area contributed by atoms with Gasteiger partial charge in [0, 0.05) is 27.6 Å². The minimum Gasteiger partial charge on any atom is -0.416 e. The molecule has 0 aliphatic heterocycles. The molecule has 0 radical (unpaired) electrons. The molecule has 0 unspecified atom stereocenters. The molecule has 14 rings (SSSR count). The molecule has 12 aromatic rings. The highest BCUT2D eigenvalue weighted by molar-refractivity contribution is 6.10. The molecule has 2 aliphatic rings. The summed E-state index contributed by atoms with van der Waals surface area (Å²) in [6.07, 6.45) is 4.52. The van der Waals surface area contributed by atoms with Crippen molar-refractivity contribution in [3.8, 4) is 62.0 Å². The molecule has 0 saturated carbocycles. The molecule has 0 bridgehead atoms. The third kappa shape index (κ3) is 6.98. The number of nitrogens with zero attached hydrogens (tertiary/aromatic N) is 3. The molecule has 2 aromatic heterocycles. The molecule has 73 heavy (non-hydrogen) atoms. The van der Waals surface area contributed by atoms with Gasteiger partial charge in [0.05, 0.1) is 16.4 Å². The van der Waals surface area contributed by atoms with E-state index in [0.717, 1.165) is 46.3 Å². The fourth-order valence-electron chi connectivity index (χ4n) is 12.0. The van der Waals surface area contributed by atoms with Gasteiger partial charge in [0.1, 0.15) is 0 Å². The van der Waals surface area contributed by atoms with Crippen molar-refractivity contribution in [3.63, 3.8) is 0 Å². The smallest absolute Gasteiger partial charge is 0.248 e. The number of hydrogen-bond acceptors (Lipinski definition) is 3. The van der Waals surface area contributed by atoms with E-state index in [1.807, 2.05) is 30.3 Å². The Bertz CT molecular complexity index is 4070. The Morgan fingerprint density at radius 2 is 0.849 bits per heavy atom. The largest absolute Gasteiger partial charge is 0.416 e. The highest BCUT2D eigenvalue weighted by Crippen LogP contribution is 2.58. The van der Waals surface area contributed by atoms with Gasteiger partial charge in [-0.3, -0.25) is 0 Å². The molecule has 0 spiro atoms. The maximum Gasteiger partial charge on any atom is 0.248 e. The first-order valence-corrected chi connectivity index (χ1v) is 25.2. The lowest BCUT2D eigenvalue weighted by molar-refractivity contribution is 0.584. The zero-order chi connectivity index (χ0) is 48.3. The number of hydrogen-bond donors (Lipinski definition) is 0. The van der Waals surface area contributed by atoms with E-state index in [-0.39, 0.29) is 0 Å². The predicted octanol–water partition coefficient (Wildman–Crippen LogP) is 17.5. The molecule has 2 aliphatic carbocycles. The van der Waals surface area contributed by atoms with Crippen molar-refractivity contribution in [3.05, 3.63) is 294 Å². The van der Waals surface area contributed by atoms with Gasteiger partial charge in [-0.25, -0.2) is 0 Å². The van der Waals surface area contributed by atoms with Crippen LogP contribution in [0.3, 0.4) is 0 Å². The van der Waals surface area contributed by atoms with E-state index in [1.165, 1.54) is 83.0 Å². The molecule has 0 saturated heterocycles. The highest BCUT2D eigenvalue weighted by atomic mass is 16.4. The van der Waals surface area contributed by atoms with Crippen LogP contribution in [0.4, 0.5) is 0 Å². The van der Waals surface area contributed by atoms with Crippen LogP contribution in [-0.4, -0.2) is 14.8 Å². The molecule has 4 heteroatoms. The normalized spacial score (nSPS) is 13.8. The molecule has 0 N–H and O–H groups in total. The van der Waals surface area contributed by atoms with Gasteiger partial charge in [0.25, 0.3) is 0 Å². The van der Waals surface area contributed by atoms with Gasteiger partial charge >= 0.3 is 0 Å². The summed E-state index contributed by atoms with van der Waals surface area (Å²) in [6.45, 7) is 0. The van der Waals surface area contributed by atoms with Gasteiger partial charge in [0.2, 0.25) is 11.8 Å². The van der Waals surface area contributed by atoms with E-state index >= 15 is 0 Å². The molecule has 2 heterocycles. The van der Waals surface area contributed by atoms with E-state index in [1.54, 1.807) is 0 Å². The average molecular weight is 934 g/mol. The Kier molecular flexibility index (Phi) is 10.2. The van der Waals surface area contributed by atoms with Crippen LogP contribution in [0.15, 0.2) is 271 Å². The topological polar surface area (TPSA) is 43.9 Å². The monoisotopic (exact) mass is 933 g/mol. The lowest BCUT2D eigenvalue weighted by Crippen LogP contribution is -2.29. The summed E-state index contributed by atoms with van der Waals surface area (Å²) in [5.41, 5.74) is 22.7. The molecule has 0 amide bonds. The first-order chi connectivity index (χ1) is 36.2. The summed E-state index contributed by atoms with van der Waals surface area (Å²) < 4.78 is 8.51. The lowest BCUT2D eigenvalue weighted by atomic mass is 9.66. The lowest BCUT2D eigenvalue weighted by Gasteiger charge is -2.36. The number of rotatable bonds is 9. The molecule has 10 aromatic carbocycles. The SMILES string of the molecule is C1=C(c2ccc3c(c2)c2ccccc2n3-c2ccc(-c3ccccc3-c3ccccc3-c3ccc(-c4nnc(-c5ccccc5)o4)cc3)cc2)CCC2=C1C(c1ccccc1)(c1ccccc1)c1ccccc12. The van der Waals surface area contributed by atoms with Crippen LogP contribution < -0.4 is 0 Å². The summed E-state index contributed by atoms with van der Waals surface area (Å²) in [7, 11) is 0. The molecule has 0 atom stereocenters. The summed E-state index contributed by atoms with van der Waals surface area (Å²) in [5, 5.41) is 11.2. The van der Waals surface area contributed by atoms with Crippen LogP contribution in [0, 0.1) is 0 Å². The van der Waals surface area contributed by atoms with Crippen molar-refractivity contribution in [1.29, 1.82) is 0 Å². The highest BCUT2D eigenvalue weighted by Gasteiger charge is 2.47. The molecular formula is C69H47N3O. The minimum absolute atomic E-state index is 0.408. The Balaban J connectivity index is 0.807. The van der Waals surface area contributed by atoms with Crippen molar-refractivity contribution in [2.24, 2.45) is 0 Å². The Labute approximate surface area is 424 Å². The van der Waals surface area contributed by atoms with Crippen LogP contribution >= 0.6 is 0 Å². The first kappa shape index (κ1) is 42.5.